The van der Waals surface area contributed by atoms with Gasteiger partial charge in [-0.15, -0.1) is 0 Å². The zero-order chi connectivity index (χ0) is 21.0. The normalized spacial score (nSPS) is 11.1. The Balaban J connectivity index is 1.73. The van der Waals surface area contributed by atoms with Gasteiger partial charge in [0.05, 0.1) is 6.33 Å². The first-order valence-electron chi connectivity index (χ1n) is 9.56. The number of hydrogen-bond donors (Lipinski definition) is 1. The Morgan fingerprint density at radius 1 is 1.10 bits per heavy atom. The van der Waals surface area contributed by atoms with Crippen LogP contribution in [0.15, 0.2) is 46.2 Å². The molecule has 0 bridgehead atoms. The van der Waals surface area contributed by atoms with E-state index < -0.39 is 11.2 Å². The van der Waals surface area contributed by atoms with E-state index in [1.54, 1.807) is 16.5 Å². The highest BCUT2D eigenvalue weighted by Crippen LogP contribution is 2.08. The summed E-state index contributed by atoms with van der Waals surface area (Å²) in [4.78, 5) is 43.2. The van der Waals surface area contributed by atoms with Crippen molar-refractivity contribution in [1.82, 2.24) is 23.6 Å². The van der Waals surface area contributed by atoms with Gasteiger partial charge in [-0.05, 0) is 12.0 Å². The summed E-state index contributed by atoms with van der Waals surface area (Å²) < 4.78 is 4.01. The fourth-order valence-electron chi connectivity index (χ4n) is 3.37. The summed E-state index contributed by atoms with van der Waals surface area (Å²) in [7, 11) is 3.00. The molecule has 0 aliphatic rings. The van der Waals surface area contributed by atoms with Crippen LogP contribution >= 0.6 is 0 Å². The maximum Gasteiger partial charge on any atom is 0.332 e. The van der Waals surface area contributed by atoms with Gasteiger partial charge in [0.25, 0.3) is 5.56 Å². The molecule has 0 spiro atoms. The van der Waals surface area contributed by atoms with Crippen LogP contribution in [0.2, 0.25) is 0 Å². The van der Waals surface area contributed by atoms with Crippen molar-refractivity contribution in [3.8, 4) is 0 Å². The van der Waals surface area contributed by atoms with Crippen molar-refractivity contribution in [3.63, 3.8) is 0 Å². The fourth-order valence-corrected chi connectivity index (χ4v) is 3.37. The number of aryl methyl sites for hydroxylation is 2. The van der Waals surface area contributed by atoms with Crippen molar-refractivity contribution in [1.29, 1.82) is 0 Å². The molecule has 29 heavy (non-hydrogen) atoms. The van der Waals surface area contributed by atoms with Crippen LogP contribution in [0.3, 0.4) is 0 Å². The minimum Gasteiger partial charge on any atom is -0.341 e. The number of rotatable bonds is 8. The topological polar surface area (TPSA) is 108 Å². The van der Waals surface area contributed by atoms with Crippen LogP contribution < -0.4 is 17.0 Å². The van der Waals surface area contributed by atoms with Crippen LogP contribution in [0.5, 0.6) is 0 Å². The predicted octanol–water partition coefficient (Wildman–Crippen LogP) is -0.146. The molecule has 0 saturated carbocycles. The van der Waals surface area contributed by atoms with E-state index in [-0.39, 0.29) is 12.3 Å². The van der Waals surface area contributed by atoms with Gasteiger partial charge in [0.1, 0.15) is 0 Å². The zero-order valence-electron chi connectivity index (χ0n) is 16.7. The lowest BCUT2D eigenvalue weighted by molar-refractivity contribution is -0.131. The largest absolute Gasteiger partial charge is 0.341 e. The van der Waals surface area contributed by atoms with Crippen molar-refractivity contribution >= 4 is 17.1 Å². The second kappa shape index (κ2) is 8.87. The molecule has 3 aromatic rings. The SMILES string of the molecule is Cn1c(=O)c2c(ncn2CCC(=O)N(CCN)CCc2ccccc2)n(C)c1=O. The number of nitrogens with two attached hydrogens (primary N) is 1. The molecule has 2 aromatic heterocycles. The summed E-state index contributed by atoms with van der Waals surface area (Å²) in [5, 5.41) is 0. The number of amides is 1. The molecule has 0 aliphatic carbocycles. The monoisotopic (exact) mass is 398 g/mol. The standard InChI is InChI=1S/C20H26N6O3/c1-23-18-17(19(28)24(2)20(23)29)26(14-22-18)12-9-16(27)25(13-10-21)11-8-15-6-4-3-5-7-15/h3-7,14H,8-13,21H2,1-2H3. The van der Waals surface area contributed by atoms with E-state index in [2.05, 4.69) is 4.98 Å². The Labute approximate surface area is 168 Å². The van der Waals surface area contributed by atoms with E-state index in [0.29, 0.717) is 37.3 Å². The van der Waals surface area contributed by atoms with Crippen LogP contribution in [0, 0.1) is 0 Å². The number of carbonyl (C=O) groups is 1. The van der Waals surface area contributed by atoms with E-state index in [0.717, 1.165) is 16.6 Å². The Morgan fingerprint density at radius 3 is 2.52 bits per heavy atom. The first-order chi connectivity index (χ1) is 13.9. The first-order valence-corrected chi connectivity index (χ1v) is 9.56. The number of imidazole rings is 1. The van der Waals surface area contributed by atoms with E-state index in [4.69, 9.17) is 5.73 Å². The molecule has 2 heterocycles. The Hall–Kier alpha value is -3.20. The number of nitrogens with zero attached hydrogens (tertiary/aromatic N) is 5. The predicted molar refractivity (Wildman–Crippen MR) is 111 cm³/mol. The average Bonchev–Trinajstić information content (AvgIpc) is 3.16. The van der Waals surface area contributed by atoms with Crippen molar-refractivity contribution in [2.24, 2.45) is 19.8 Å². The maximum absolute atomic E-state index is 12.8. The quantitative estimate of drug-likeness (QED) is 0.568. The van der Waals surface area contributed by atoms with E-state index >= 15 is 0 Å². The summed E-state index contributed by atoms with van der Waals surface area (Å²) in [6, 6.07) is 9.97. The third-order valence-electron chi connectivity index (χ3n) is 5.05. The molecule has 1 amide bonds. The molecule has 154 valence electrons. The van der Waals surface area contributed by atoms with Gasteiger partial charge in [-0.25, -0.2) is 9.78 Å². The average molecular weight is 398 g/mol. The highest BCUT2D eigenvalue weighted by molar-refractivity contribution is 5.76. The van der Waals surface area contributed by atoms with Gasteiger partial charge >= 0.3 is 5.69 Å². The summed E-state index contributed by atoms with van der Waals surface area (Å²) in [5.74, 6) is -0.0325. The second-order valence-corrected chi connectivity index (χ2v) is 6.97. The van der Waals surface area contributed by atoms with Crippen molar-refractivity contribution in [2.45, 2.75) is 19.4 Å². The highest BCUT2D eigenvalue weighted by Gasteiger charge is 2.17. The molecular formula is C20H26N6O3. The van der Waals surface area contributed by atoms with Crippen molar-refractivity contribution in [3.05, 3.63) is 63.1 Å². The molecule has 0 unspecified atom stereocenters. The molecule has 9 nitrogen and oxygen atoms in total. The van der Waals surface area contributed by atoms with Gasteiger partial charge in [0.2, 0.25) is 5.91 Å². The summed E-state index contributed by atoms with van der Waals surface area (Å²) in [6.07, 6.45) is 2.46. The molecular weight excluding hydrogens is 372 g/mol. The van der Waals surface area contributed by atoms with E-state index in [9.17, 15) is 14.4 Å². The summed E-state index contributed by atoms with van der Waals surface area (Å²) >= 11 is 0. The number of hydrogen-bond acceptors (Lipinski definition) is 5. The first kappa shape index (κ1) is 20.5. The molecule has 2 N–H and O–H groups in total. The van der Waals surface area contributed by atoms with Crippen LogP contribution in [0.25, 0.3) is 11.2 Å². The van der Waals surface area contributed by atoms with Gasteiger partial charge in [0.15, 0.2) is 11.2 Å². The molecule has 0 radical (unpaired) electrons. The number of fused-ring (bicyclic) bond motifs is 1. The number of aromatic nitrogens is 4. The van der Waals surface area contributed by atoms with Crippen molar-refractivity contribution in [2.75, 3.05) is 19.6 Å². The van der Waals surface area contributed by atoms with E-state index in [1.807, 2.05) is 30.3 Å². The lowest BCUT2D eigenvalue weighted by Crippen LogP contribution is -2.38. The van der Waals surface area contributed by atoms with Crippen molar-refractivity contribution < 1.29 is 4.79 Å². The lowest BCUT2D eigenvalue weighted by Gasteiger charge is -2.22. The van der Waals surface area contributed by atoms with Crippen LogP contribution in [0.4, 0.5) is 0 Å². The van der Waals surface area contributed by atoms with Crippen LogP contribution in [-0.4, -0.2) is 49.1 Å². The molecule has 3 rings (SSSR count). The van der Waals surface area contributed by atoms with Gasteiger partial charge < -0.3 is 15.2 Å². The molecule has 9 heteroatoms. The van der Waals surface area contributed by atoms with Gasteiger partial charge in [0, 0.05) is 46.7 Å². The maximum atomic E-state index is 12.8. The van der Waals surface area contributed by atoms with Crippen LogP contribution in [0.1, 0.15) is 12.0 Å². The minimum absolute atomic E-state index is 0.0325. The number of carbonyl (C=O) groups excluding carboxylic acids is 1. The Morgan fingerprint density at radius 2 is 1.83 bits per heavy atom. The molecule has 0 aliphatic heterocycles. The molecule has 0 saturated heterocycles. The lowest BCUT2D eigenvalue weighted by atomic mass is 10.1. The van der Waals surface area contributed by atoms with Gasteiger partial charge in [-0.3, -0.25) is 18.7 Å². The third kappa shape index (κ3) is 4.29. The Bertz CT molecular complexity index is 1110. The summed E-state index contributed by atoms with van der Waals surface area (Å²) in [6.45, 7) is 1.75. The smallest absolute Gasteiger partial charge is 0.332 e. The third-order valence-corrected chi connectivity index (χ3v) is 5.05. The Kier molecular flexibility index (Phi) is 6.28. The second-order valence-electron chi connectivity index (χ2n) is 6.97. The molecule has 1 aromatic carbocycles. The highest BCUT2D eigenvalue weighted by atomic mass is 16.2. The molecule has 0 atom stereocenters. The minimum atomic E-state index is -0.432. The summed E-state index contributed by atoms with van der Waals surface area (Å²) in [5.41, 5.74) is 6.62. The fraction of sp³-hybridized carbons (Fsp3) is 0.400. The van der Waals surface area contributed by atoms with Gasteiger partial charge in [-0.1, -0.05) is 30.3 Å². The van der Waals surface area contributed by atoms with E-state index in [1.165, 1.54) is 17.9 Å². The number of benzene rings is 1. The zero-order valence-corrected chi connectivity index (χ0v) is 16.7. The van der Waals surface area contributed by atoms with Crippen LogP contribution in [-0.2, 0) is 31.9 Å². The van der Waals surface area contributed by atoms with Gasteiger partial charge in [-0.2, -0.15) is 0 Å². The molecule has 0 fully saturated rings.